The smallest absolute Gasteiger partial charge is 0.253 e. The van der Waals surface area contributed by atoms with Gasteiger partial charge in [0.2, 0.25) is 3.79 Å². The molecule has 2 aromatic rings. The van der Waals surface area contributed by atoms with Crippen molar-refractivity contribution in [2.45, 2.75) is 9.96 Å². The van der Waals surface area contributed by atoms with Gasteiger partial charge in [-0.1, -0.05) is 53.0 Å². The number of benzene rings is 2. The van der Waals surface area contributed by atoms with Gasteiger partial charge in [0.15, 0.2) is 16.6 Å². The zero-order valence-corrected chi connectivity index (χ0v) is 18.0. The summed E-state index contributed by atoms with van der Waals surface area (Å²) in [6.07, 6.45) is -1.10. The number of rotatable bonds is 6. The molecule has 0 radical (unpaired) electrons. The Hall–Kier alpha value is -1.93. The number of anilines is 1. The van der Waals surface area contributed by atoms with Crippen molar-refractivity contribution in [1.82, 2.24) is 10.6 Å². The Balaban J connectivity index is 2.11. The molecule has 28 heavy (non-hydrogen) atoms. The number of hydrogen-bond donors (Lipinski definition) is 3. The van der Waals surface area contributed by atoms with Gasteiger partial charge < -0.3 is 25.4 Å². The molecular weight excluding hydrogens is 445 g/mol. The molecule has 3 N–H and O–H groups in total. The van der Waals surface area contributed by atoms with Gasteiger partial charge in [0, 0.05) is 11.3 Å². The van der Waals surface area contributed by atoms with Crippen LogP contribution in [0.25, 0.3) is 0 Å². The highest BCUT2D eigenvalue weighted by Gasteiger charge is 2.35. The molecular formula is C18H18Cl3N3O3S. The van der Waals surface area contributed by atoms with E-state index in [4.69, 9.17) is 56.5 Å². The van der Waals surface area contributed by atoms with Crippen LogP contribution in [0.4, 0.5) is 5.69 Å². The molecule has 2 aromatic carbocycles. The summed E-state index contributed by atoms with van der Waals surface area (Å²) >= 11 is 23.3. The normalized spacial score (nSPS) is 11.9. The molecule has 0 bridgehead atoms. The lowest BCUT2D eigenvalue weighted by molar-refractivity contribution is 0.0934. The maximum Gasteiger partial charge on any atom is 0.253 e. The number of halogens is 3. The molecule has 0 aromatic heterocycles. The second-order valence-electron chi connectivity index (χ2n) is 5.48. The summed E-state index contributed by atoms with van der Waals surface area (Å²) in [5.74, 6) is 0.394. The fourth-order valence-corrected chi connectivity index (χ4v) is 2.77. The van der Waals surface area contributed by atoms with Gasteiger partial charge in [0.25, 0.3) is 5.91 Å². The molecule has 6 nitrogen and oxygen atoms in total. The number of alkyl halides is 3. The van der Waals surface area contributed by atoms with E-state index >= 15 is 0 Å². The molecule has 0 saturated heterocycles. The van der Waals surface area contributed by atoms with Crippen molar-refractivity contribution < 1.29 is 14.3 Å². The van der Waals surface area contributed by atoms with Gasteiger partial charge >= 0.3 is 0 Å². The number of hydrogen-bond acceptors (Lipinski definition) is 4. The van der Waals surface area contributed by atoms with Gasteiger partial charge in [0.05, 0.1) is 14.2 Å². The van der Waals surface area contributed by atoms with Crippen LogP contribution in [-0.4, -0.2) is 35.2 Å². The van der Waals surface area contributed by atoms with E-state index in [1.807, 2.05) is 30.3 Å². The molecule has 0 aliphatic carbocycles. The minimum atomic E-state index is -1.87. The van der Waals surface area contributed by atoms with Crippen LogP contribution in [0.1, 0.15) is 10.4 Å². The summed E-state index contributed by atoms with van der Waals surface area (Å²) in [6, 6.07) is 13.9. The maximum absolute atomic E-state index is 12.6. The van der Waals surface area contributed by atoms with E-state index in [0.717, 1.165) is 5.69 Å². The maximum atomic E-state index is 12.6. The van der Waals surface area contributed by atoms with Crippen molar-refractivity contribution in [3.8, 4) is 11.5 Å². The van der Waals surface area contributed by atoms with E-state index < -0.39 is 15.9 Å². The molecule has 1 atom stereocenters. The van der Waals surface area contributed by atoms with Crippen molar-refractivity contribution in [3.05, 3.63) is 54.1 Å². The van der Waals surface area contributed by atoms with Crippen LogP contribution in [0.15, 0.2) is 48.5 Å². The van der Waals surface area contributed by atoms with Crippen LogP contribution in [0.2, 0.25) is 0 Å². The quantitative estimate of drug-likeness (QED) is 0.341. The average Bonchev–Trinajstić information content (AvgIpc) is 2.66. The van der Waals surface area contributed by atoms with Crippen LogP contribution in [-0.2, 0) is 0 Å². The lowest BCUT2D eigenvalue weighted by Crippen LogP contribution is -2.56. The zero-order valence-electron chi connectivity index (χ0n) is 15.0. The molecule has 0 aliphatic rings. The summed E-state index contributed by atoms with van der Waals surface area (Å²) in [4.78, 5) is 12.6. The third-order valence-electron chi connectivity index (χ3n) is 3.56. The van der Waals surface area contributed by atoms with E-state index in [1.54, 1.807) is 12.1 Å². The van der Waals surface area contributed by atoms with Gasteiger partial charge in [0.1, 0.15) is 6.17 Å². The number of ether oxygens (including phenoxy) is 2. The Kier molecular flexibility index (Phi) is 8.00. The summed E-state index contributed by atoms with van der Waals surface area (Å²) in [7, 11) is 2.97. The number of thiocarbonyl (C=S) groups is 1. The molecule has 1 amide bonds. The SMILES string of the molecule is COc1ccc(C(=O)N[C@H](NC(=S)Nc2ccccc2)C(Cl)(Cl)Cl)cc1OC. The predicted octanol–water partition coefficient (Wildman–Crippen LogP) is 4.12. The third kappa shape index (κ3) is 6.31. The van der Waals surface area contributed by atoms with Gasteiger partial charge in [-0.2, -0.15) is 0 Å². The highest BCUT2D eigenvalue weighted by Crippen LogP contribution is 2.30. The van der Waals surface area contributed by atoms with Crippen molar-refractivity contribution >= 4 is 63.7 Å². The van der Waals surface area contributed by atoms with Gasteiger partial charge in [-0.05, 0) is 42.5 Å². The summed E-state index contributed by atoms with van der Waals surface area (Å²) in [5, 5.41) is 8.53. The van der Waals surface area contributed by atoms with Crippen molar-refractivity contribution in [2.24, 2.45) is 0 Å². The number of methoxy groups -OCH3 is 2. The topological polar surface area (TPSA) is 71.6 Å². The molecule has 0 aliphatic heterocycles. The molecule has 10 heteroatoms. The summed E-state index contributed by atoms with van der Waals surface area (Å²) in [5.41, 5.74) is 1.04. The molecule has 0 saturated carbocycles. The van der Waals surface area contributed by atoms with Crippen molar-refractivity contribution in [3.63, 3.8) is 0 Å². The Bertz CT molecular complexity index is 832. The first kappa shape index (κ1) is 22.4. The van der Waals surface area contributed by atoms with Crippen LogP contribution in [0.5, 0.6) is 11.5 Å². The Morgan fingerprint density at radius 2 is 1.64 bits per heavy atom. The second-order valence-corrected chi connectivity index (χ2v) is 8.26. The summed E-state index contributed by atoms with van der Waals surface area (Å²) < 4.78 is 8.49. The molecule has 0 unspecified atom stereocenters. The molecule has 0 heterocycles. The average molecular weight is 463 g/mol. The molecule has 2 rings (SSSR count). The predicted molar refractivity (Wildman–Crippen MR) is 117 cm³/mol. The largest absolute Gasteiger partial charge is 0.493 e. The number of carbonyl (C=O) groups excluding carboxylic acids is 1. The lowest BCUT2D eigenvalue weighted by atomic mass is 10.2. The Morgan fingerprint density at radius 3 is 2.21 bits per heavy atom. The van der Waals surface area contributed by atoms with Crippen LogP contribution in [0.3, 0.4) is 0 Å². The van der Waals surface area contributed by atoms with Gasteiger partial charge in [-0.3, -0.25) is 4.79 Å². The van der Waals surface area contributed by atoms with Gasteiger partial charge in [-0.15, -0.1) is 0 Å². The zero-order chi connectivity index (χ0) is 20.7. The highest BCUT2D eigenvalue weighted by atomic mass is 35.6. The fourth-order valence-electron chi connectivity index (χ4n) is 2.21. The molecule has 0 fully saturated rings. The van der Waals surface area contributed by atoms with E-state index in [9.17, 15) is 4.79 Å². The first-order chi connectivity index (χ1) is 13.2. The minimum Gasteiger partial charge on any atom is -0.493 e. The fraction of sp³-hybridized carbons (Fsp3) is 0.222. The highest BCUT2D eigenvalue weighted by molar-refractivity contribution is 7.80. The minimum absolute atomic E-state index is 0.176. The first-order valence-corrected chi connectivity index (χ1v) is 9.51. The molecule has 150 valence electrons. The van der Waals surface area contributed by atoms with E-state index in [1.165, 1.54) is 20.3 Å². The molecule has 0 spiro atoms. The Morgan fingerprint density at radius 1 is 1.00 bits per heavy atom. The number of amides is 1. The Labute approximate surface area is 183 Å². The first-order valence-electron chi connectivity index (χ1n) is 7.96. The summed E-state index contributed by atoms with van der Waals surface area (Å²) in [6.45, 7) is 0. The number of nitrogens with one attached hydrogen (secondary N) is 3. The van der Waals surface area contributed by atoms with E-state index in [2.05, 4.69) is 16.0 Å². The third-order valence-corrected chi connectivity index (χ3v) is 4.43. The van der Waals surface area contributed by atoms with Gasteiger partial charge in [-0.25, -0.2) is 0 Å². The van der Waals surface area contributed by atoms with E-state index in [-0.39, 0.29) is 5.11 Å². The standard InChI is InChI=1S/C18H18Cl3N3O3S/c1-26-13-9-8-11(10-14(13)27-2)15(25)23-16(18(19,20)21)24-17(28)22-12-6-4-3-5-7-12/h3-10,16H,1-2H3,(H,23,25)(H2,22,24,28)/t16-/m1/s1. The number of carbonyl (C=O) groups is 1. The van der Waals surface area contributed by atoms with Crippen molar-refractivity contribution in [1.29, 1.82) is 0 Å². The second kappa shape index (κ2) is 10.0. The van der Waals surface area contributed by atoms with Crippen LogP contribution < -0.4 is 25.4 Å². The van der Waals surface area contributed by atoms with Crippen molar-refractivity contribution in [2.75, 3.05) is 19.5 Å². The van der Waals surface area contributed by atoms with E-state index in [0.29, 0.717) is 17.1 Å². The van der Waals surface area contributed by atoms with Crippen LogP contribution >= 0.6 is 47.0 Å². The monoisotopic (exact) mass is 461 g/mol. The van der Waals surface area contributed by atoms with Crippen LogP contribution in [0, 0.1) is 0 Å². The lowest BCUT2D eigenvalue weighted by Gasteiger charge is -2.28. The number of para-hydroxylation sites is 1.